The van der Waals surface area contributed by atoms with Gasteiger partial charge in [-0.05, 0) is 22.6 Å². The molecule has 0 saturated heterocycles. The summed E-state index contributed by atoms with van der Waals surface area (Å²) >= 11 is 1.49. The normalized spacial score (nSPS) is 11.8. The van der Waals surface area contributed by atoms with Crippen LogP contribution in [0.2, 0.25) is 0 Å². The Bertz CT molecular complexity index is 1190. The SMILES string of the molecule is CCN(Cc1ccccc1)S(=O)(=O)c1cn(Cc2ccccc2)nc1-c1cccs1. The van der Waals surface area contributed by atoms with Gasteiger partial charge in [0.2, 0.25) is 10.0 Å². The summed E-state index contributed by atoms with van der Waals surface area (Å²) in [4.78, 5) is 1.09. The zero-order valence-electron chi connectivity index (χ0n) is 16.7. The van der Waals surface area contributed by atoms with E-state index in [-0.39, 0.29) is 4.90 Å². The van der Waals surface area contributed by atoms with Gasteiger partial charge in [-0.25, -0.2) is 8.42 Å². The second-order valence-corrected chi connectivity index (χ2v) is 9.77. The Morgan fingerprint density at radius 1 is 0.933 bits per heavy atom. The first-order chi connectivity index (χ1) is 14.6. The molecule has 0 spiro atoms. The van der Waals surface area contributed by atoms with Crippen molar-refractivity contribution >= 4 is 21.4 Å². The van der Waals surface area contributed by atoms with Gasteiger partial charge in [-0.15, -0.1) is 11.3 Å². The maximum Gasteiger partial charge on any atom is 0.247 e. The fourth-order valence-electron chi connectivity index (χ4n) is 3.32. The van der Waals surface area contributed by atoms with Crippen LogP contribution in [0, 0.1) is 0 Å². The average molecular weight is 438 g/mol. The van der Waals surface area contributed by atoms with Gasteiger partial charge in [-0.3, -0.25) is 4.68 Å². The molecule has 0 radical (unpaired) electrons. The van der Waals surface area contributed by atoms with Crippen molar-refractivity contribution in [2.75, 3.05) is 6.54 Å². The molecule has 0 N–H and O–H groups in total. The summed E-state index contributed by atoms with van der Waals surface area (Å²) in [5, 5.41) is 6.59. The summed E-state index contributed by atoms with van der Waals surface area (Å²) in [5.74, 6) is 0. The molecule has 4 rings (SSSR count). The standard InChI is InChI=1S/C23H23N3O2S2/c1-2-26(17-20-12-7-4-8-13-20)30(27,28)22-18-25(16-19-10-5-3-6-11-19)24-23(22)21-14-9-15-29-21/h3-15,18H,2,16-17H2,1H3. The van der Waals surface area contributed by atoms with Crippen molar-refractivity contribution in [2.24, 2.45) is 0 Å². The highest BCUT2D eigenvalue weighted by molar-refractivity contribution is 7.89. The smallest absolute Gasteiger partial charge is 0.247 e. The summed E-state index contributed by atoms with van der Waals surface area (Å²) in [5.41, 5.74) is 2.53. The molecular weight excluding hydrogens is 414 g/mol. The third-order valence-corrected chi connectivity index (χ3v) is 7.64. The summed E-state index contributed by atoms with van der Waals surface area (Å²) in [6, 6.07) is 23.4. The lowest BCUT2D eigenvalue weighted by Crippen LogP contribution is -2.30. The maximum atomic E-state index is 13.6. The highest BCUT2D eigenvalue weighted by atomic mass is 32.2. The first-order valence-electron chi connectivity index (χ1n) is 9.77. The fourth-order valence-corrected chi connectivity index (χ4v) is 5.70. The number of hydrogen-bond acceptors (Lipinski definition) is 4. The maximum absolute atomic E-state index is 13.6. The number of rotatable bonds is 8. The Hall–Kier alpha value is -2.74. The van der Waals surface area contributed by atoms with E-state index in [1.54, 1.807) is 10.9 Å². The van der Waals surface area contributed by atoms with Gasteiger partial charge in [-0.1, -0.05) is 73.7 Å². The van der Waals surface area contributed by atoms with Gasteiger partial charge in [-0.2, -0.15) is 9.40 Å². The Balaban J connectivity index is 1.73. The second-order valence-electron chi connectivity index (χ2n) is 6.92. The van der Waals surface area contributed by atoms with E-state index in [0.29, 0.717) is 25.3 Å². The monoisotopic (exact) mass is 437 g/mol. The lowest BCUT2D eigenvalue weighted by atomic mass is 10.2. The Labute approximate surface area is 181 Å². The van der Waals surface area contributed by atoms with E-state index in [2.05, 4.69) is 5.10 Å². The zero-order valence-corrected chi connectivity index (χ0v) is 18.3. The number of thiophene rings is 1. The largest absolute Gasteiger partial charge is 0.266 e. The van der Waals surface area contributed by atoms with E-state index >= 15 is 0 Å². The minimum Gasteiger partial charge on any atom is -0.266 e. The Kier molecular flexibility index (Phi) is 6.13. The van der Waals surface area contributed by atoms with Crippen LogP contribution in [-0.2, 0) is 23.1 Å². The van der Waals surface area contributed by atoms with Gasteiger partial charge in [0.15, 0.2) is 0 Å². The Morgan fingerprint density at radius 3 is 2.20 bits per heavy atom. The molecule has 0 unspecified atom stereocenters. The van der Waals surface area contributed by atoms with Crippen LogP contribution in [0.15, 0.2) is 89.3 Å². The molecule has 2 aromatic heterocycles. The minimum atomic E-state index is -3.72. The summed E-state index contributed by atoms with van der Waals surface area (Å²) in [7, 11) is -3.72. The van der Waals surface area contributed by atoms with Crippen molar-refractivity contribution in [1.82, 2.24) is 14.1 Å². The van der Waals surface area contributed by atoms with Gasteiger partial charge in [0.1, 0.15) is 10.6 Å². The first kappa shape index (κ1) is 20.5. The molecular formula is C23H23N3O2S2. The zero-order chi connectivity index (χ0) is 21.0. The summed E-state index contributed by atoms with van der Waals surface area (Å²) in [6.45, 7) is 3.08. The van der Waals surface area contributed by atoms with Crippen LogP contribution < -0.4 is 0 Å². The Morgan fingerprint density at radius 2 is 1.60 bits per heavy atom. The van der Waals surface area contributed by atoms with Crippen LogP contribution in [-0.4, -0.2) is 29.0 Å². The second kappa shape index (κ2) is 8.95. The van der Waals surface area contributed by atoms with Gasteiger partial charge >= 0.3 is 0 Å². The summed E-state index contributed by atoms with van der Waals surface area (Å²) in [6.07, 6.45) is 1.66. The van der Waals surface area contributed by atoms with E-state index in [0.717, 1.165) is 16.0 Å². The lowest BCUT2D eigenvalue weighted by molar-refractivity contribution is 0.423. The van der Waals surface area contributed by atoms with Crippen LogP contribution in [0.25, 0.3) is 10.6 Å². The predicted octanol–water partition coefficient (Wildman–Crippen LogP) is 4.87. The molecule has 0 fully saturated rings. The molecule has 0 bridgehead atoms. The van der Waals surface area contributed by atoms with Gasteiger partial charge in [0, 0.05) is 19.3 Å². The van der Waals surface area contributed by atoms with Gasteiger partial charge < -0.3 is 0 Å². The fraction of sp³-hybridized carbons (Fsp3) is 0.174. The molecule has 0 aliphatic rings. The van der Waals surface area contributed by atoms with Crippen molar-refractivity contribution in [1.29, 1.82) is 0 Å². The van der Waals surface area contributed by atoms with Crippen LogP contribution in [0.1, 0.15) is 18.1 Å². The molecule has 4 aromatic rings. The van der Waals surface area contributed by atoms with Crippen LogP contribution in [0.5, 0.6) is 0 Å². The van der Waals surface area contributed by atoms with Crippen molar-refractivity contribution < 1.29 is 8.42 Å². The molecule has 0 aliphatic carbocycles. The molecule has 2 heterocycles. The third kappa shape index (κ3) is 4.38. The number of sulfonamides is 1. The predicted molar refractivity (Wildman–Crippen MR) is 121 cm³/mol. The first-order valence-corrected chi connectivity index (χ1v) is 12.1. The molecule has 154 valence electrons. The number of hydrogen-bond donors (Lipinski definition) is 0. The van der Waals surface area contributed by atoms with Crippen molar-refractivity contribution in [3.63, 3.8) is 0 Å². The average Bonchev–Trinajstić information content (AvgIpc) is 3.43. The molecule has 0 atom stereocenters. The van der Waals surface area contributed by atoms with Gasteiger partial charge in [0.25, 0.3) is 0 Å². The van der Waals surface area contributed by atoms with Crippen molar-refractivity contribution in [2.45, 2.75) is 24.9 Å². The van der Waals surface area contributed by atoms with E-state index in [1.165, 1.54) is 15.6 Å². The number of benzene rings is 2. The highest BCUT2D eigenvalue weighted by Gasteiger charge is 2.30. The van der Waals surface area contributed by atoms with Crippen molar-refractivity contribution in [3.05, 3.63) is 95.5 Å². The molecule has 2 aromatic carbocycles. The molecule has 7 heteroatoms. The van der Waals surface area contributed by atoms with Crippen molar-refractivity contribution in [3.8, 4) is 10.6 Å². The summed E-state index contributed by atoms with van der Waals surface area (Å²) < 4.78 is 30.5. The number of aromatic nitrogens is 2. The molecule has 30 heavy (non-hydrogen) atoms. The van der Waals surface area contributed by atoms with Crippen LogP contribution in [0.3, 0.4) is 0 Å². The molecule has 0 aliphatic heterocycles. The molecule has 5 nitrogen and oxygen atoms in total. The van der Waals surface area contributed by atoms with E-state index < -0.39 is 10.0 Å². The van der Waals surface area contributed by atoms with E-state index in [9.17, 15) is 8.42 Å². The minimum absolute atomic E-state index is 0.249. The van der Waals surface area contributed by atoms with Crippen LogP contribution in [0.4, 0.5) is 0 Å². The van der Waals surface area contributed by atoms with E-state index in [4.69, 9.17) is 0 Å². The number of nitrogens with zero attached hydrogens (tertiary/aromatic N) is 3. The topological polar surface area (TPSA) is 55.2 Å². The lowest BCUT2D eigenvalue weighted by Gasteiger charge is -2.20. The highest BCUT2D eigenvalue weighted by Crippen LogP contribution is 2.32. The molecule has 0 amide bonds. The van der Waals surface area contributed by atoms with E-state index in [1.807, 2.05) is 85.1 Å². The van der Waals surface area contributed by atoms with Gasteiger partial charge in [0.05, 0.1) is 11.4 Å². The molecule has 0 saturated carbocycles. The third-order valence-electron chi connectivity index (χ3n) is 4.84. The van der Waals surface area contributed by atoms with Crippen LogP contribution >= 0.6 is 11.3 Å². The quantitative estimate of drug-likeness (QED) is 0.395.